The van der Waals surface area contributed by atoms with Crippen molar-refractivity contribution in [2.45, 2.75) is 0 Å². The zero-order chi connectivity index (χ0) is 13.4. The van der Waals surface area contributed by atoms with Gasteiger partial charge in [-0.3, -0.25) is 0 Å². The summed E-state index contributed by atoms with van der Waals surface area (Å²) < 4.78 is 13.9. The number of pyridine rings is 1. The van der Waals surface area contributed by atoms with Crippen LogP contribution < -0.4 is 4.90 Å². The van der Waals surface area contributed by atoms with E-state index in [0.29, 0.717) is 4.47 Å². The Balaban J connectivity index is 1.96. The Bertz CT molecular complexity index is 609. The summed E-state index contributed by atoms with van der Waals surface area (Å²) >= 11 is 3.27. The molecule has 3 nitrogen and oxygen atoms in total. The number of rotatable bonds is 1. The highest BCUT2D eigenvalue weighted by Crippen LogP contribution is 2.27. The summed E-state index contributed by atoms with van der Waals surface area (Å²) in [7, 11) is 2.13. The van der Waals surface area contributed by atoms with E-state index in [4.69, 9.17) is 0 Å². The molecule has 0 bridgehead atoms. The summed E-state index contributed by atoms with van der Waals surface area (Å²) in [6.07, 6.45) is 0. The highest BCUT2D eigenvalue weighted by atomic mass is 79.9. The molecule has 3 rings (SSSR count). The van der Waals surface area contributed by atoms with E-state index in [1.165, 1.54) is 6.07 Å². The Hall–Kier alpha value is -1.20. The van der Waals surface area contributed by atoms with Crippen molar-refractivity contribution in [2.24, 2.45) is 0 Å². The lowest BCUT2D eigenvalue weighted by Gasteiger charge is -2.33. The SMILES string of the molecule is CN1CCN(c2ccc3c(Br)c(F)ccc3n2)CC1. The zero-order valence-corrected chi connectivity index (χ0v) is 12.3. The van der Waals surface area contributed by atoms with Crippen LogP contribution in [0.15, 0.2) is 28.7 Å². The Labute approximate surface area is 120 Å². The molecular weight excluding hydrogens is 309 g/mol. The number of hydrogen-bond acceptors (Lipinski definition) is 3. The first kappa shape index (κ1) is 12.8. The standard InChI is InChI=1S/C14H15BrFN3/c1-18-6-8-19(9-7-18)13-5-2-10-12(17-13)4-3-11(16)14(10)15/h2-5H,6-9H2,1H3. The summed E-state index contributed by atoms with van der Waals surface area (Å²) in [5.41, 5.74) is 0.824. The molecule has 1 fully saturated rings. The molecule has 0 radical (unpaired) electrons. The number of fused-ring (bicyclic) bond motifs is 1. The minimum absolute atomic E-state index is 0.248. The molecule has 5 heteroatoms. The van der Waals surface area contributed by atoms with Gasteiger partial charge in [-0.25, -0.2) is 9.37 Å². The van der Waals surface area contributed by atoms with E-state index < -0.39 is 0 Å². The van der Waals surface area contributed by atoms with Gasteiger partial charge in [0.15, 0.2) is 0 Å². The molecule has 0 N–H and O–H groups in total. The largest absolute Gasteiger partial charge is 0.354 e. The van der Waals surface area contributed by atoms with Crippen LogP contribution in [0.2, 0.25) is 0 Å². The molecular formula is C14H15BrFN3. The van der Waals surface area contributed by atoms with Crippen molar-refractivity contribution >= 4 is 32.7 Å². The van der Waals surface area contributed by atoms with E-state index >= 15 is 0 Å². The van der Waals surface area contributed by atoms with Gasteiger partial charge in [0.05, 0.1) is 9.99 Å². The number of likely N-dealkylation sites (N-methyl/N-ethyl adjacent to an activating group) is 1. The highest BCUT2D eigenvalue weighted by Gasteiger charge is 2.16. The van der Waals surface area contributed by atoms with Gasteiger partial charge in [0, 0.05) is 31.6 Å². The fourth-order valence-corrected chi connectivity index (χ4v) is 2.81. The molecule has 0 spiro atoms. The van der Waals surface area contributed by atoms with Gasteiger partial charge in [0.2, 0.25) is 0 Å². The molecule has 2 heterocycles. The van der Waals surface area contributed by atoms with E-state index in [1.807, 2.05) is 12.1 Å². The quantitative estimate of drug-likeness (QED) is 0.804. The minimum atomic E-state index is -0.248. The molecule has 1 aliphatic heterocycles. The number of piperazine rings is 1. The molecule has 0 amide bonds. The number of aromatic nitrogens is 1. The average molecular weight is 324 g/mol. The molecule has 0 atom stereocenters. The van der Waals surface area contributed by atoms with Crippen molar-refractivity contribution in [3.05, 3.63) is 34.6 Å². The molecule has 1 aromatic heterocycles. The Kier molecular flexibility index (Phi) is 3.41. The third-order valence-electron chi connectivity index (χ3n) is 3.57. The van der Waals surface area contributed by atoms with Crippen LogP contribution in [-0.2, 0) is 0 Å². The first-order valence-corrected chi connectivity index (χ1v) is 7.13. The lowest BCUT2D eigenvalue weighted by atomic mass is 10.2. The summed E-state index contributed by atoms with van der Waals surface area (Å²) in [5.74, 6) is 0.723. The van der Waals surface area contributed by atoms with Crippen LogP contribution in [0.3, 0.4) is 0 Å². The Morgan fingerprint density at radius 2 is 1.84 bits per heavy atom. The summed E-state index contributed by atoms with van der Waals surface area (Å²) in [5, 5.41) is 0.817. The predicted molar refractivity (Wildman–Crippen MR) is 79.1 cm³/mol. The first-order valence-electron chi connectivity index (χ1n) is 6.33. The maximum atomic E-state index is 13.5. The topological polar surface area (TPSA) is 19.4 Å². The summed E-state index contributed by atoms with van der Waals surface area (Å²) in [6, 6.07) is 7.09. The highest BCUT2D eigenvalue weighted by molar-refractivity contribution is 9.10. The van der Waals surface area contributed by atoms with Gasteiger partial charge in [-0.2, -0.15) is 0 Å². The second-order valence-corrected chi connectivity index (χ2v) is 5.68. The van der Waals surface area contributed by atoms with Crippen molar-refractivity contribution in [3.63, 3.8) is 0 Å². The van der Waals surface area contributed by atoms with Crippen molar-refractivity contribution < 1.29 is 4.39 Å². The molecule has 1 saturated heterocycles. The molecule has 1 aliphatic rings. The van der Waals surface area contributed by atoms with Gasteiger partial charge >= 0.3 is 0 Å². The van der Waals surface area contributed by atoms with Crippen LogP contribution in [0.1, 0.15) is 0 Å². The fraction of sp³-hybridized carbons (Fsp3) is 0.357. The molecule has 100 valence electrons. The van der Waals surface area contributed by atoms with Gasteiger partial charge in [-0.15, -0.1) is 0 Å². The summed E-state index contributed by atoms with van der Waals surface area (Å²) in [4.78, 5) is 9.22. The van der Waals surface area contributed by atoms with Crippen LogP contribution in [0.25, 0.3) is 10.9 Å². The predicted octanol–water partition coefficient (Wildman–Crippen LogP) is 2.89. The average Bonchev–Trinajstić information content (AvgIpc) is 2.43. The van der Waals surface area contributed by atoms with Crippen LogP contribution in [0, 0.1) is 5.82 Å². The van der Waals surface area contributed by atoms with Gasteiger partial charge in [0.1, 0.15) is 11.6 Å². The van der Waals surface area contributed by atoms with Gasteiger partial charge < -0.3 is 9.80 Å². The van der Waals surface area contributed by atoms with Crippen LogP contribution in [0.4, 0.5) is 10.2 Å². The van der Waals surface area contributed by atoms with E-state index in [2.05, 4.69) is 37.8 Å². The maximum Gasteiger partial charge on any atom is 0.138 e. The smallest absolute Gasteiger partial charge is 0.138 e. The number of anilines is 1. The third kappa shape index (κ3) is 2.44. The Morgan fingerprint density at radius 1 is 1.11 bits per heavy atom. The van der Waals surface area contributed by atoms with Crippen LogP contribution in [0.5, 0.6) is 0 Å². The van der Waals surface area contributed by atoms with E-state index in [0.717, 1.165) is 42.9 Å². The monoisotopic (exact) mass is 323 g/mol. The Morgan fingerprint density at radius 3 is 2.58 bits per heavy atom. The van der Waals surface area contributed by atoms with Crippen molar-refractivity contribution in [2.75, 3.05) is 38.1 Å². The summed E-state index contributed by atoms with van der Waals surface area (Å²) in [6.45, 7) is 4.06. The number of halogens is 2. The molecule has 1 aromatic carbocycles. The molecule has 0 unspecified atom stereocenters. The maximum absolute atomic E-state index is 13.5. The molecule has 19 heavy (non-hydrogen) atoms. The van der Waals surface area contributed by atoms with Gasteiger partial charge in [0.25, 0.3) is 0 Å². The lowest BCUT2D eigenvalue weighted by molar-refractivity contribution is 0.312. The normalized spacial score (nSPS) is 17.1. The molecule has 0 aliphatic carbocycles. The van der Waals surface area contributed by atoms with E-state index in [9.17, 15) is 4.39 Å². The third-order valence-corrected chi connectivity index (χ3v) is 4.38. The number of nitrogens with zero attached hydrogens (tertiary/aromatic N) is 3. The van der Waals surface area contributed by atoms with Crippen molar-refractivity contribution in [3.8, 4) is 0 Å². The number of hydrogen-bond donors (Lipinski definition) is 0. The second-order valence-electron chi connectivity index (χ2n) is 4.89. The van der Waals surface area contributed by atoms with E-state index in [1.54, 1.807) is 6.07 Å². The molecule has 0 saturated carbocycles. The van der Waals surface area contributed by atoms with Crippen LogP contribution in [-0.4, -0.2) is 43.1 Å². The zero-order valence-electron chi connectivity index (χ0n) is 10.7. The van der Waals surface area contributed by atoms with E-state index in [-0.39, 0.29) is 5.82 Å². The van der Waals surface area contributed by atoms with Crippen molar-refractivity contribution in [1.29, 1.82) is 0 Å². The molecule has 2 aromatic rings. The van der Waals surface area contributed by atoms with Gasteiger partial charge in [-0.05, 0) is 47.2 Å². The first-order chi connectivity index (χ1) is 9.15. The number of benzene rings is 1. The minimum Gasteiger partial charge on any atom is -0.354 e. The fourth-order valence-electron chi connectivity index (χ4n) is 2.34. The van der Waals surface area contributed by atoms with Crippen molar-refractivity contribution in [1.82, 2.24) is 9.88 Å². The second kappa shape index (κ2) is 5.06. The van der Waals surface area contributed by atoms with Gasteiger partial charge in [-0.1, -0.05) is 0 Å². The van der Waals surface area contributed by atoms with Crippen LogP contribution >= 0.6 is 15.9 Å². The lowest BCUT2D eigenvalue weighted by Crippen LogP contribution is -2.44.